The van der Waals surface area contributed by atoms with Crippen LogP contribution in [0.3, 0.4) is 0 Å². The highest BCUT2D eigenvalue weighted by Gasteiger charge is 2.58. The Hall–Kier alpha value is -3.51. The van der Waals surface area contributed by atoms with E-state index in [4.69, 9.17) is 19.9 Å². The van der Waals surface area contributed by atoms with Gasteiger partial charge in [-0.15, -0.1) is 5.10 Å². The number of hydrogen-bond donors (Lipinski definition) is 3. The number of unbranched alkanes of at least 4 members (excludes halogenated alkanes) is 1. The highest BCUT2D eigenvalue weighted by molar-refractivity contribution is 6.14. The molecule has 0 bridgehead atoms. The lowest BCUT2D eigenvalue weighted by atomic mass is 9.62. The minimum absolute atomic E-state index is 0.161. The molecule has 1 amide bonds. The number of methoxy groups -OCH3 is 1. The SMILES string of the molecule is B[C@@H]1[C@@H](C)C(=O)[C@@H](CC#N)C(O)O[C@H](CC)[C@@]2(C)OC(=O)N(CCCCn3cc(-c4cccc(N)c4)nn3)[C@@H]2[C@@H](C)NC[C@H](C)C[C@@]1(C)OC. The van der Waals surface area contributed by atoms with E-state index in [1.165, 1.54) is 0 Å². The van der Waals surface area contributed by atoms with Gasteiger partial charge in [-0.25, -0.2) is 4.79 Å². The fourth-order valence-corrected chi connectivity index (χ4v) is 7.95. The van der Waals surface area contributed by atoms with Crippen molar-refractivity contribution in [1.29, 1.82) is 5.26 Å². The Labute approximate surface area is 297 Å². The summed E-state index contributed by atoms with van der Waals surface area (Å²) in [5.41, 5.74) is 6.42. The van der Waals surface area contributed by atoms with E-state index in [9.17, 15) is 20.0 Å². The van der Waals surface area contributed by atoms with Crippen LogP contribution in [0.15, 0.2) is 30.5 Å². The zero-order valence-electron chi connectivity index (χ0n) is 31.0. The minimum atomic E-state index is -1.56. The summed E-state index contributed by atoms with van der Waals surface area (Å²) in [6.07, 6.45) is 1.40. The molecule has 2 aliphatic rings. The quantitative estimate of drug-likeness (QED) is 0.199. The number of aromatic nitrogens is 3. The summed E-state index contributed by atoms with van der Waals surface area (Å²) in [5.74, 6) is -1.87. The number of ether oxygens (including phenoxy) is 3. The Kier molecular flexibility index (Phi) is 13.1. The normalized spacial score (nSPS) is 34.3. The second-order valence-electron chi connectivity index (χ2n) is 14.8. The first-order valence-electron chi connectivity index (χ1n) is 18.0. The van der Waals surface area contributed by atoms with Crippen molar-refractivity contribution < 1.29 is 28.9 Å². The summed E-state index contributed by atoms with van der Waals surface area (Å²) in [6.45, 7) is 13.5. The van der Waals surface area contributed by atoms with Crippen molar-refractivity contribution in [3.63, 3.8) is 0 Å². The number of benzene rings is 1. The van der Waals surface area contributed by atoms with Gasteiger partial charge >= 0.3 is 6.09 Å². The number of nitrogens with two attached hydrogens (primary N) is 1. The number of rotatable bonds is 9. The van der Waals surface area contributed by atoms with Gasteiger partial charge in [0.15, 0.2) is 11.9 Å². The fourth-order valence-electron chi connectivity index (χ4n) is 7.95. The summed E-state index contributed by atoms with van der Waals surface area (Å²) >= 11 is 0. The second kappa shape index (κ2) is 16.7. The summed E-state index contributed by atoms with van der Waals surface area (Å²) < 4.78 is 20.3. The number of aliphatic hydroxyl groups excluding tert-OH is 1. The number of aliphatic hydroxyl groups is 1. The number of nitrogens with one attached hydrogen (secondary N) is 1. The Balaban J connectivity index is 1.57. The van der Waals surface area contributed by atoms with Crippen LogP contribution >= 0.6 is 0 Å². The number of carbonyl (C=O) groups is 2. The van der Waals surface area contributed by atoms with Crippen LogP contribution in [0.1, 0.15) is 73.6 Å². The molecule has 0 radical (unpaired) electrons. The van der Waals surface area contributed by atoms with Gasteiger partial charge in [0.1, 0.15) is 25.4 Å². The number of nitrogen functional groups attached to an aromatic ring is 1. The van der Waals surface area contributed by atoms with Crippen LogP contribution in [0.4, 0.5) is 10.5 Å². The van der Waals surface area contributed by atoms with Crippen molar-refractivity contribution in [3.8, 4) is 17.3 Å². The molecular formula is C36H56BN7O6. The molecule has 10 atom stereocenters. The van der Waals surface area contributed by atoms with Gasteiger partial charge in [-0.2, -0.15) is 5.26 Å². The van der Waals surface area contributed by atoms with Gasteiger partial charge in [-0.05, 0) is 76.9 Å². The molecule has 1 aromatic carbocycles. The number of aryl methyl sites for hydroxylation is 1. The number of carbonyl (C=O) groups excluding carboxylic acids is 2. The molecule has 2 aliphatic heterocycles. The van der Waals surface area contributed by atoms with Gasteiger partial charge in [0.05, 0.1) is 29.8 Å². The number of fused-ring (bicyclic) bond motifs is 1. The van der Waals surface area contributed by atoms with E-state index >= 15 is 0 Å². The van der Waals surface area contributed by atoms with Crippen molar-refractivity contribution in [2.75, 3.05) is 25.9 Å². The predicted molar refractivity (Wildman–Crippen MR) is 192 cm³/mol. The van der Waals surface area contributed by atoms with Crippen molar-refractivity contribution in [3.05, 3.63) is 30.5 Å². The Morgan fingerprint density at radius 2 is 1.94 bits per heavy atom. The molecule has 1 unspecified atom stereocenters. The molecule has 0 aliphatic carbocycles. The number of nitrogens with zero attached hydrogens (tertiary/aromatic N) is 5. The molecule has 50 heavy (non-hydrogen) atoms. The van der Waals surface area contributed by atoms with E-state index in [0.717, 1.165) is 17.7 Å². The van der Waals surface area contributed by atoms with Gasteiger partial charge in [0, 0.05) is 49.8 Å². The Bertz CT molecular complexity index is 1500. The average Bonchev–Trinajstić information content (AvgIpc) is 3.67. The summed E-state index contributed by atoms with van der Waals surface area (Å²) in [5, 5.41) is 33.4. The molecule has 0 spiro atoms. The lowest BCUT2D eigenvalue weighted by molar-refractivity contribution is -0.211. The molecular weight excluding hydrogens is 637 g/mol. The van der Waals surface area contributed by atoms with Crippen LogP contribution in [0.5, 0.6) is 0 Å². The first-order valence-corrected chi connectivity index (χ1v) is 18.0. The Morgan fingerprint density at radius 1 is 1.22 bits per heavy atom. The molecule has 13 nitrogen and oxygen atoms in total. The molecule has 3 heterocycles. The molecule has 0 saturated carbocycles. The van der Waals surface area contributed by atoms with Crippen LogP contribution in [0, 0.1) is 29.1 Å². The maximum absolute atomic E-state index is 13.9. The summed E-state index contributed by atoms with van der Waals surface area (Å²) in [6, 6.07) is 8.91. The van der Waals surface area contributed by atoms with Gasteiger partial charge in [-0.3, -0.25) is 14.4 Å². The maximum Gasteiger partial charge on any atom is 0.410 e. The predicted octanol–water partition coefficient (Wildman–Crippen LogP) is 3.58. The molecule has 14 heteroatoms. The first-order chi connectivity index (χ1) is 23.7. The molecule has 2 aromatic rings. The molecule has 1 aromatic heterocycles. The van der Waals surface area contributed by atoms with Crippen LogP contribution < -0.4 is 11.1 Å². The van der Waals surface area contributed by atoms with Gasteiger partial charge < -0.3 is 30.4 Å². The average molecular weight is 694 g/mol. The number of hydrogen-bond acceptors (Lipinski definition) is 11. The number of amides is 1. The Morgan fingerprint density at radius 3 is 2.60 bits per heavy atom. The summed E-state index contributed by atoms with van der Waals surface area (Å²) in [4.78, 5) is 29.3. The van der Waals surface area contributed by atoms with Gasteiger partial charge in [0.2, 0.25) is 0 Å². The first kappa shape index (κ1) is 39.3. The smallest absolute Gasteiger partial charge is 0.410 e. The molecule has 4 rings (SSSR count). The minimum Gasteiger partial charge on any atom is -0.438 e. The van der Waals surface area contributed by atoms with Crippen molar-refractivity contribution in [1.82, 2.24) is 25.2 Å². The highest BCUT2D eigenvalue weighted by atomic mass is 16.6. The lowest BCUT2D eigenvalue weighted by Crippen LogP contribution is -2.61. The third-order valence-corrected chi connectivity index (χ3v) is 11.2. The van der Waals surface area contributed by atoms with Crippen molar-refractivity contribution in [2.24, 2.45) is 17.8 Å². The third-order valence-electron chi connectivity index (χ3n) is 11.2. The van der Waals surface area contributed by atoms with Crippen LogP contribution in [0.25, 0.3) is 11.3 Å². The van der Waals surface area contributed by atoms with E-state index in [0.29, 0.717) is 44.6 Å². The van der Waals surface area contributed by atoms with E-state index in [-0.39, 0.29) is 30.0 Å². The third kappa shape index (κ3) is 8.50. The fraction of sp³-hybridized carbons (Fsp3) is 0.694. The van der Waals surface area contributed by atoms with Gasteiger partial charge in [0.25, 0.3) is 0 Å². The van der Waals surface area contributed by atoms with Gasteiger partial charge in [-0.1, -0.05) is 38.1 Å². The molecule has 2 fully saturated rings. The standard InChI is InChI=1S/C36H56BN7O6/c1-8-29-36(6)32(44(34(47)50-36)17-10-9-16-43-21-28(41-42-43)25-12-11-13-26(39)18-25)24(4)40-20-22(2)19-35(5,48-7)31(37)23(3)30(45)27(14-15-38)33(46)49-29/h11-13,18,21-24,27,29,31-33,40,46H,8-10,14,16-17,19-20,37,39H2,1-7H3/t22-,23+,24-,27-,29-,31-,32-,33?,35-,36-/m1/s1. The number of Topliss-reactive ketones (excluding diaryl/α,β-unsaturated/α-hetero) is 1. The second-order valence-corrected chi connectivity index (χ2v) is 14.8. The zero-order chi connectivity index (χ0) is 36.8. The van der Waals surface area contributed by atoms with E-state index in [1.54, 1.807) is 16.7 Å². The van der Waals surface area contributed by atoms with Crippen molar-refractivity contribution in [2.45, 2.75) is 122 Å². The number of ketones is 1. The molecule has 274 valence electrons. The lowest BCUT2D eigenvalue weighted by Gasteiger charge is -2.42. The highest BCUT2D eigenvalue weighted by Crippen LogP contribution is 2.41. The van der Waals surface area contributed by atoms with Crippen LogP contribution in [-0.4, -0.2) is 101 Å². The maximum atomic E-state index is 13.9. The van der Waals surface area contributed by atoms with Crippen LogP contribution in [0.2, 0.25) is 5.82 Å². The van der Waals surface area contributed by atoms with E-state index in [1.807, 2.05) is 72.9 Å². The van der Waals surface area contributed by atoms with E-state index in [2.05, 4.69) is 28.6 Å². The van der Waals surface area contributed by atoms with E-state index < -0.39 is 47.6 Å². The largest absolute Gasteiger partial charge is 0.438 e. The number of anilines is 1. The number of nitriles is 1. The van der Waals surface area contributed by atoms with Crippen LogP contribution in [-0.2, 0) is 25.5 Å². The van der Waals surface area contributed by atoms with Crippen molar-refractivity contribution >= 4 is 25.4 Å². The molecule has 2 saturated heterocycles. The zero-order valence-corrected chi connectivity index (χ0v) is 31.0. The summed E-state index contributed by atoms with van der Waals surface area (Å²) in [7, 11) is 3.65. The molecule has 4 N–H and O–H groups in total. The monoisotopic (exact) mass is 693 g/mol. The topological polar surface area (TPSA) is 178 Å².